The number of hydrogen-bond donors (Lipinski definition) is 2. The number of benzene rings is 2. The number of ether oxygens (including phenoxy) is 1. The van der Waals surface area contributed by atoms with Gasteiger partial charge < -0.3 is 15.2 Å². The Morgan fingerprint density at radius 1 is 1.24 bits per heavy atom. The van der Waals surface area contributed by atoms with Crippen LogP contribution in [0, 0.1) is 0 Å². The second-order valence-corrected chi connectivity index (χ2v) is 8.89. The lowest BCUT2D eigenvalue weighted by Gasteiger charge is -2.38. The molecule has 2 saturated heterocycles. The highest BCUT2D eigenvalue weighted by Crippen LogP contribution is 2.30. The maximum atomic E-state index is 11.5. The molecule has 154 valence electrons. The van der Waals surface area contributed by atoms with E-state index in [9.17, 15) is 9.90 Å². The maximum Gasteiger partial charge on any atom is 0.322 e. The molecule has 0 aromatic heterocycles. The van der Waals surface area contributed by atoms with Gasteiger partial charge in [-0.3, -0.25) is 9.69 Å². The monoisotopic (exact) mass is 432 g/mol. The Balaban J connectivity index is 1.37. The summed E-state index contributed by atoms with van der Waals surface area (Å²) in [5.74, 6) is 0.0632. The van der Waals surface area contributed by atoms with Crippen molar-refractivity contribution in [2.24, 2.45) is 0 Å². The molecule has 0 spiro atoms. The summed E-state index contributed by atoms with van der Waals surface area (Å²) < 4.78 is 6.00. The zero-order valence-electron chi connectivity index (χ0n) is 16.1. The van der Waals surface area contributed by atoms with Gasteiger partial charge in [0.1, 0.15) is 6.04 Å². The highest BCUT2D eigenvalue weighted by Gasteiger charge is 2.38. The third-order valence-electron chi connectivity index (χ3n) is 5.63. The van der Waals surface area contributed by atoms with Crippen molar-refractivity contribution >= 4 is 29.3 Å². The number of carboxylic acids is 1. The number of carbonyl (C=O) groups is 1. The van der Waals surface area contributed by atoms with Crippen molar-refractivity contribution in [1.29, 1.82) is 0 Å². The van der Waals surface area contributed by atoms with Crippen molar-refractivity contribution in [3.05, 3.63) is 64.7 Å². The summed E-state index contributed by atoms with van der Waals surface area (Å²) in [5, 5.41) is 13.3. The molecule has 5 nitrogen and oxygen atoms in total. The third-order valence-corrected chi connectivity index (χ3v) is 7.06. The minimum atomic E-state index is -0.768. The Bertz CT molecular complexity index is 848. The van der Waals surface area contributed by atoms with E-state index in [4.69, 9.17) is 16.3 Å². The molecule has 0 radical (unpaired) electrons. The zero-order valence-corrected chi connectivity index (χ0v) is 17.7. The molecular formula is C22H25ClN2O3S. The molecule has 2 N–H and O–H groups in total. The molecule has 0 amide bonds. The normalized spacial score (nSPS) is 25.2. The Hall–Kier alpha value is -1.57. The van der Waals surface area contributed by atoms with Gasteiger partial charge >= 0.3 is 5.97 Å². The first kappa shape index (κ1) is 20.7. The average Bonchev–Trinajstić information content (AvgIpc) is 3.24. The van der Waals surface area contributed by atoms with E-state index in [-0.39, 0.29) is 12.1 Å². The average molecular weight is 433 g/mol. The molecule has 29 heavy (non-hydrogen) atoms. The molecule has 2 fully saturated rings. The Morgan fingerprint density at radius 3 is 2.79 bits per heavy atom. The molecule has 7 heteroatoms. The number of rotatable bonds is 6. The highest BCUT2D eigenvalue weighted by atomic mass is 35.5. The number of nitrogens with zero attached hydrogens (tertiary/aromatic N) is 1. The first-order valence-corrected chi connectivity index (χ1v) is 11.3. The largest absolute Gasteiger partial charge is 0.480 e. The van der Waals surface area contributed by atoms with Gasteiger partial charge in [0.15, 0.2) is 0 Å². The minimum Gasteiger partial charge on any atom is -0.480 e. The maximum absolute atomic E-state index is 11.5. The second-order valence-electron chi connectivity index (χ2n) is 7.43. The zero-order chi connectivity index (χ0) is 20.2. The van der Waals surface area contributed by atoms with E-state index in [0.29, 0.717) is 6.61 Å². The molecule has 0 bridgehead atoms. The number of aliphatic carboxylic acids is 1. The predicted octanol–water partition coefficient (Wildman–Crippen LogP) is 3.82. The van der Waals surface area contributed by atoms with Gasteiger partial charge in [-0.05, 0) is 42.3 Å². The van der Waals surface area contributed by atoms with E-state index in [2.05, 4.69) is 40.5 Å². The summed E-state index contributed by atoms with van der Waals surface area (Å²) in [6.45, 7) is 2.87. The fourth-order valence-electron chi connectivity index (χ4n) is 4.06. The van der Waals surface area contributed by atoms with Crippen molar-refractivity contribution in [2.45, 2.75) is 35.3 Å². The van der Waals surface area contributed by atoms with E-state index in [0.717, 1.165) is 48.0 Å². The van der Waals surface area contributed by atoms with E-state index < -0.39 is 12.0 Å². The van der Waals surface area contributed by atoms with E-state index >= 15 is 0 Å². The summed E-state index contributed by atoms with van der Waals surface area (Å²) >= 11 is 8.00. The van der Waals surface area contributed by atoms with Gasteiger partial charge in [-0.15, -0.1) is 11.8 Å². The van der Waals surface area contributed by atoms with Crippen molar-refractivity contribution in [2.75, 3.05) is 26.2 Å². The van der Waals surface area contributed by atoms with Crippen LogP contribution in [-0.4, -0.2) is 54.3 Å². The lowest BCUT2D eigenvalue weighted by molar-refractivity contribution is -0.141. The smallest absolute Gasteiger partial charge is 0.322 e. The Morgan fingerprint density at radius 2 is 2.03 bits per heavy atom. The van der Waals surface area contributed by atoms with Crippen LogP contribution in [0.3, 0.4) is 0 Å². The van der Waals surface area contributed by atoms with Crippen LogP contribution < -0.4 is 5.32 Å². The highest BCUT2D eigenvalue weighted by molar-refractivity contribution is 7.98. The van der Waals surface area contributed by atoms with Crippen LogP contribution in [0.25, 0.3) is 0 Å². The third kappa shape index (κ3) is 4.95. The molecule has 4 rings (SSSR count). The molecule has 0 saturated carbocycles. The number of morpholine rings is 1. The predicted molar refractivity (Wildman–Crippen MR) is 116 cm³/mol. The molecule has 2 aromatic carbocycles. The van der Waals surface area contributed by atoms with Gasteiger partial charge in [0.25, 0.3) is 0 Å². The van der Waals surface area contributed by atoms with Crippen LogP contribution in [0.2, 0.25) is 5.02 Å². The summed E-state index contributed by atoms with van der Waals surface area (Å²) in [4.78, 5) is 15.0. The van der Waals surface area contributed by atoms with Gasteiger partial charge in [-0.2, -0.15) is 0 Å². The van der Waals surface area contributed by atoms with Crippen molar-refractivity contribution in [3.8, 4) is 0 Å². The van der Waals surface area contributed by atoms with Gasteiger partial charge in [0, 0.05) is 34.8 Å². The molecule has 2 aromatic rings. The Kier molecular flexibility index (Phi) is 6.77. The first-order valence-electron chi connectivity index (χ1n) is 9.90. The van der Waals surface area contributed by atoms with E-state index in [1.807, 2.05) is 18.2 Å². The van der Waals surface area contributed by atoms with Gasteiger partial charge in [0.2, 0.25) is 0 Å². The van der Waals surface area contributed by atoms with Crippen LogP contribution in [0.4, 0.5) is 0 Å². The molecule has 2 aliphatic heterocycles. The number of nitrogens with one attached hydrogen (secondary N) is 1. The summed E-state index contributed by atoms with van der Waals surface area (Å²) in [5.41, 5.74) is 2.27. The fraction of sp³-hybridized carbons (Fsp3) is 0.409. The fourth-order valence-corrected chi connectivity index (χ4v) is 5.25. The molecule has 2 aliphatic rings. The van der Waals surface area contributed by atoms with E-state index in [1.165, 1.54) is 4.90 Å². The molecule has 2 heterocycles. The SMILES string of the molecule is O=C(O)[C@H]1NCCC1N1CCOC(c2ccc(SCc3ccccc3Cl)cc2)C1. The first-order chi connectivity index (χ1) is 14.1. The topological polar surface area (TPSA) is 61.8 Å². The standard InChI is InChI=1S/C22H25ClN2O3S/c23-18-4-2-1-3-16(18)14-29-17-7-5-15(6-8-17)20-13-25(11-12-28-20)19-9-10-24-21(19)22(26)27/h1-8,19-21,24H,9-14H2,(H,26,27)/t19?,20?,21-/m0/s1. The summed E-state index contributed by atoms with van der Waals surface area (Å²) in [6, 6.07) is 15.9. The van der Waals surface area contributed by atoms with Gasteiger partial charge in [-0.25, -0.2) is 0 Å². The second kappa shape index (κ2) is 9.49. The van der Waals surface area contributed by atoms with Crippen LogP contribution in [0.15, 0.2) is 53.4 Å². The number of hydrogen-bond acceptors (Lipinski definition) is 5. The van der Waals surface area contributed by atoms with Crippen LogP contribution >= 0.6 is 23.4 Å². The minimum absolute atomic E-state index is 0.0265. The van der Waals surface area contributed by atoms with Crippen molar-refractivity contribution < 1.29 is 14.6 Å². The van der Waals surface area contributed by atoms with Crippen LogP contribution in [0.5, 0.6) is 0 Å². The molecule has 2 unspecified atom stereocenters. The summed E-state index contributed by atoms with van der Waals surface area (Å²) in [7, 11) is 0. The lowest BCUT2D eigenvalue weighted by atomic mass is 10.0. The van der Waals surface area contributed by atoms with Gasteiger partial charge in [0.05, 0.1) is 12.7 Å². The molecule has 3 atom stereocenters. The quantitative estimate of drug-likeness (QED) is 0.676. The Labute approximate surface area is 180 Å². The number of carboxylic acid groups (broad SMARTS) is 1. The van der Waals surface area contributed by atoms with E-state index in [1.54, 1.807) is 11.8 Å². The molecular weight excluding hydrogens is 408 g/mol. The number of halogens is 1. The van der Waals surface area contributed by atoms with Crippen LogP contribution in [0.1, 0.15) is 23.7 Å². The van der Waals surface area contributed by atoms with Crippen molar-refractivity contribution in [1.82, 2.24) is 10.2 Å². The lowest BCUT2D eigenvalue weighted by Crippen LogP contribution is -2.52. The molecule has 0 aliphatic carbocycles. The van der Waals surface area contributed by atoms with Crippen molar-refractivity contribution in [3.63, 3.8) is 0 Å². The van der Waals surface area contributed by atoms with Crippen LogP contribution in [-0.2, 0) is 15.3 Å². The van der Waals surface area contributed by atoms with Gasteiger partial charge in [-0.1, -0.05) is 41.9 Å². The summed E-state index contributed by atoms with van der Waals surface area (Å²) in [6.07, 6.45) is 0.836. The number of thioether (sulfide) groups is 1.